The van der Waals surface area contributed by atoms with Gasteiger partial charge in [-0.05, 0) is 51.7 Å². The molecule has 0 atom stereocenters. The molecule has 8 heteroatoms. The summed E-state index contributed by atoms with van der Waals surface area (Å²) in [5.41, 5.74) is 1.21. The molecule has 0 radical (unpaired) electrons. The Morgan fingerprint density at radius 3 is 2.56 bits per heavy atom. The number of piperidine rings is 1. The number of aromatic nitrogens is 1. The van der Waals surface area contributed by atoms with Crippen molar-refractivity contribution in [3.05, 3.63) is 23.4 Å². The normalized spacial score (nSPS) is 19.6. The first-order chi connectivity index (χ1) is 11.9. The molecule has 1 aliphatic carbocycles. The lowest BCUT2D eigenvalue weighted by molar-refractivity contribution is 0.0919. The van der Waals surface area contributed by atoms with Gasteiger partial charge in [0, 0.05) is 24.8 Å². The first-order valence-corrected chi connectivity index (χ1v) is 10.3. The van der Waals surface area contributed by atoms with Gasteiger partial charge >= 0.3 is 0 Å². The Bertz CT molecular complexity index is 738. The lowest BCUT2D eigenvalue weighted by Gasteiger charge is -2.31. The Labute approximate surface area is 148 Å². The summed E-state index contributed by atoms with van der Waals surface area (Å²) in [6.07, 6.45) is 2.81. The SMILES string of the molecule is CCOc1nc(C)ccc1C(=O)NC1CCN(S(=O)(=O)C2CC2)CC1. The van der Waals surface area contributed by atoms with Crippen molar-refractivity contribution in [3.8, 4) is 5.88 Å². The van der Waals surface area contributed by atoms with Gasteiger partial charge in [-0.3, -0.25) is 4.79 Å². The smallest absolute Gasteiger partial charge is 0.256 e. The molecule has 0 spiro atoms. The predicted molar refractivity (Wildman–Crippen MR) is 94.1 cm³/mol. The average molecular weight is 367 g/mol. The monoisotopic (exact) mass is 367 g/mol. The first-order valence-electron chi connectivity index (χ1n) is 8.82. The summed E-state index contributed by atoms with van der Waals surface area (Å²) in [6, 6.07) is 3.46. The van der Waals surface area contributed by atoms with Gasteiger partial charge in [-0.2, -0.15) is 0 Å². The number of nitrogens with zero attached hydrogens (tertiary/aromatic N) is 2. The van der Waals surface area contributed by atoms with Gasteiger partial charge in [-0.1, -0.05) is 0 Å². The molecule has 1 saturated heterocycles. The largest absolute Gasteiger partial charge is 0.477 e. The summed E-state index contributed by atoms with van der Waals surface area (Å²) in [4.78, 5) is 16.8. The summed E-state index contributed by atoms with van der Waals surface area (Å²) in [5, 5.41) is 2.81. The molecule has 0 aromatic carbocycles. The molecule has 2 aliphatic rings. The van der Waals surface area contributed by atoms with Gasteiger partial charge in [0.15, 0.2) is 0 Å². The zero-order valence-electron chi connectivity index (χ0n) is 14.7. The van der Waals surface area contributed by atoms with Gasteiger partial charge in [0.1, 0.15) is 5.56 Å². The molecule has 1 amide bonds. The van der Waals surface area contributed by atoms with E-state index in [0.717, 1.165) is 18.5 Å². The molecule has 2 heterocycles. The van der Waals surface area contributed by atoms with Crippen LogP contribution in [-0.4, -0.2) is 54.6 Å². The second-order valence-electron chi connectivity index (χ2n) is 6.63. The molecule has 1 N–H and O–H groups in total. The molecular formula is C17H25N3O4S. The number of sulfonamides is 1. The van der Waals surface area contributed by atoms with Gasteiger partial charge in [0.05, 0.1) is 11.9 Å². The second-order valence-corrected chi connectivity index (χ2v) is 8.84. The minimum atomic E-state index is -3.12. The van der Waals surface area contributed by atoms with Crippen LogP contribution in [0.2, 0.25) is 0 Å². The molecule has 1 saturated carbocycles. The fourth-order valence-electron chi connectivity index (χ4n) is 3.05. The van der Waals surface area contributed by atoms with Gasteiger partial charge < -0.3 is 10.1 Å². The van der Waals surface area contributed by atoms with Crippen LogP contribution >= 0.6 is 0 Å². The molecule has 0 bridgehead atoms. The van der Waals surface area contributed by atoms with Crippen molar-refractivity contribution < 1.29 is 17.9 Å². The third-order valence-electron chi connectivity index (χ3n) is 4.62. The second kappa shape index (κ2) is 7.29. The van der Waals surface area contributed by atoms with Crippen molar-refractivity contribution >= 4 is 15.9 Å². The highest BCUT2D eigenvalue weighted by Crippen LogP contribution is 2.32. The highest BCUT2D eigenvalue weighted by atomic mass is 32.2. The van der Waals surface area contributed by atoms with Crippen molar-refractivity contribution in [3.63, 3.8) is 0 Å². The maximum absolute atomic E-state index is 12.6. The number of carbonyl (C=O) groups is 1. The maximum atomic E-state index is 12.6. The predicted octanol–water partition coefficient (Wildman–Crippen LogP) is 1.48. The van der Waals surface area contributed by atoms with Crippen molar-refractivity contribution in [1.29, 1.82) is 0 Å². The fourth-order valence-corrected chi connectivity index (χ4v) is 4.92. The Hall–Kier alpha value is -1.67. The quantitative estimate of drug-likeness (QED) is 0.823. The van der Waals surface area contributed by atoms with E-state index in [2.05, 4.69) is 10.3 Å². The number of ether oxygens (including phenoxy) is 1. The maximum Gasteiger partial charge on any atom is 0.256 e. The van der Waals surface area contributed by atoms with Crippen LogP contribution in [0.25, 0.3) is 0 Å². The van der Waals surface area contributed by atoms with Crippen LogP contribution in [0.3, 0.4) is 0 Å². The number of aryl methyl sites for hydroxylation is 1. The number of hydrogen-bond donors (Lipinski definition) is 1. The highest BCUT2D eigenvalue weighted by Gasteiger charge is 2.41. The van der Waals surface area contributed by atoms with E-state index in [4.69, 9.17) is 4.74 Å². The summed E-state index contributed by atoms with van der Waals surface area (Å²) in [5.74, 6) is 0.119. The Kier molecular flexibility index (Phi) is 5.29. The number of rotatable bonds is 6. The van der Waals surface area contributed by atoms with Gasteiger partial charge in [-0.15, -0.1) is 0 Å². The minimum absolute atomic E-state index is 0.0334. The van der Waals surface area contributed by atoms with Gasteiger partial charge in [-0.25, -0.2) is 17.7 Å². The minimum Gasteiger partial charge on any atom is -0.477 e. The summed E-state index contributed by atoms with van der Waals surface area (Å²) in [6.45, 7) is 5.07. The molecule has 2 fully saturated rings. The first kappa shape index (κ1) is 18.1. The highest BCUT2D eigenvalue weighted by molar-refractivity contribution is 7.90. The zero-order chi connectivity index (χ0) is 18.0. The molecular weight excluding hydrogens is 342 g/mol. The van der Waals surface area contributed by atoms with E-state index in [1.54, 1.807) is 16.4 Å². The number of carbonyl (C=O) groups excluding carboxylic acids is 1. The molecule has 138 valence electrons. The number of pyridine rings is 1. The van der Waals surface area contributed by atoms with Crippen molar-refractivity contribution in [2.75, 3.05) is 19.7 Å². The lowest BCUT2D eigenvalue weighted by Crippen LogP contribution is -2.47. The summed E-state index contributed by atoms with van der Waals surface area (Å²) in [7, 11) is -3.12. The zero-order valence-corrected chi connectivity index (χ0v) is 15.5. The third-order valence-corrected chi connectivity index (χ3v) is 7.02. The number of amides is 1. The van der Waals surface area contributed by atoms with E-state index in [0.29, 0.717) is 44.0 Å². The Morgan fingerprint density at radius 1 is 1.28 bits per heavy atom. The standard InChI is InChI=1S/C17H25N3O4S/c1-3-24-17-15(7-4-12(2)18-17)16(21)19-13-8-10-20(11-9-13)25(22,23)14-5-6-14/h4,7,13-14H,3,5-6,8-11H2,1-2H3,(H,19,21). The average Bonchev–Trinajstić information content (AvgIpc) is 3.41. The van der Waals surface area contributed by atoms with E-state index in [1.807, 2.05) is 13.8 Å². The number of hydrogen-bond acceptors (Lipinski definition) is 5. The lowest BCUT2D eigenvalue weighted by atomic mass is 10.1. The van der Waals surface area contributed by atoms with E-state index in [-0.39, 0.29) is 17.2 Å². The summed E-state index contributed by atoms with van der Waals surface area (Å²) >= 11 is 0. The van der Waals surface area contributed by atoms with Gasteiger partial charge in [0.25, 0.3) is 5.91 Å². The Morgan fingerprint density at radius 2 is 1.96 bits per heavy atom. The van der Waals surface area contributed by atoms with Crippen LogP contribution in [0.1, 0.15) is 48.7 Å². The summed E-state index contributed by atoms with van der Waals surface area (Å²) < 4.78 is 31.6. The molecule has 25 heavy (non-hydrogen) atoms. The van der Waals surface area contributed by atoms with Crippen molar-refractivity contribution in [1.82, 2.24) is 14.6 Å². The van der Waals surface area contributed by atoms with Crippen LogP contribution in [0, 0.1) is 6.92 Å². The molecule has 1 aliphatic heterocycles. The van der Waals surface area contributed by atoms with E-state index >= 15 is 0 Å². The van der Waals surface area contributed by atoms with Crippen molar-refractivity contribution in [2.45, 2.75) is 50.8 Å². The topological polar surface area (TPSA) is 88.6 Å². The van der Waals surface area contributed by atoms with Crippen LogP contribution < -0.4 is 10.1 Å². The molecule has 0 unspecified atom stereocenters. The van der Waals surface area contributed by atoms with Gasteiger partial charge in [0.2, 0.25) is 15.9 Å². The van der Waals surface area contributed by atoms with E-state index in [1.165, 1.54) is 0 Å². The molecule has 1 aromatic rings. The fraction of sp³-hybridized carbons (Fsp3) is 0.647. The number of nitrogens with one attached hydrogen (secondary N) is 1. The molecule has 3 rings (SSSR count). The van der Waals surface area contributed by atoms with Crippen LogP contribution in [-0.2, 0) is 10.0 Å². The molecule has 7 nitrogen and oxygen atoms in total. The van der Waals surface area contributed by atoms with Crippen LogP contribution in [0.15, 0.2) is 12.1 Å². The van der Waals surface area contributed by atoms with E-state index in [9.17, 15) is 13.2 Å². The molecule has 1 aromatic heterocycles. The van der Waals surface area contributed by atoms with Crippen LogP contribution in [0.4, 0.5) is 0 Å². The third kappa shape index (κ3) is 4.12. The van der Waals surface area contributed by atoms with Crippen LogP contribution in [0.5, 0.6) is 5.88 Å². The van der Waals surface area contributed by atoms with Crippen molar-refractivity contribution in [2.24, 2.45) is 0 Å². The van der Waals surface area contributed by atoms with E-state index < -0.39 is 10.0 Å². The Balaban J connectivity index is 1.59.